The zero-order valence-corrected chi connectivity index (χ0v) is 35.5. The van der Waals surface area contributed by atoms with E-state index >= 15 is 0 Å². The van der Waals surface area contributed by atoms with Crippen LogP contribution < -0.4 is 3.27 Å². The average molecular weight is 759 g/mol. The van der Waals surface area contributed by atoms with Crippen LogP contribution in [0, 0.1) is 18.3 Å². The van der Waals surface area contributed by atoms with Gasteiger partial charge in [-0.05, 0) is 0 Å². The van der Waals surface area contributed by atoms with Crippen molar-refractivity contribution in [2.45, 2.75) is 104 Å². The standard InChI is InChI=1S/C25H25.C11H17.C7H7.CH3.CH2.2ClH.Zr/c1-14-12-24(3,4)22-8-16-7-17-9-23-19(15(2)13-25(23,5)6)11-21(17)20(16)10-18(14)22;1-5-9-6-7-10(8-9)11(2,3)4;1-7-5-3-2-4-6-7;;;;;/h8-12H,7H2,1-6H3;7-9H,5H2,1-4H3;3-6H,1H3;1H3;1H2;2*1H;. The molecule has 0 aromatic heterocycles. The second-order valence-electron chi connectivity index (χ2n) is 17.8. The Morgan fingerprint density at radius 1 is 0.812 bits per heavy atom. The number of aryl methyl sites for hydroxylation is 1. The molecule has 4 aliphatic carbocycles. The molecule has 254 valence electrons. The monoisotopic (exact) mass is 756 g/mol. The molecule has 0 radical (unpaired) electrons. The van der Waals surface area contributed by atoms with E-state index in [1.807, 2.05) is 0 Å². The molecule has 0 aliphatic heterocycles. The molecule has 0 spiro atoms. The third kappa shape index (κ3) is 5.03. The van der Waals surface area contributed by atoms with Crippen LogP contribution in [0.3, 0.4) is 0 Å². The summed E-state index contributed by atoms with van der Waals surface area (Å²) in [6.45, 7) is 26.2. The number of hydrogen-bond acceptors (Lipinski definition) is 0. The minimum atomic E-state index is -4.41. The Balaban J connectivity index is 0.00000225. The Bertz CT molecular complexity index is 2070. The van der Waals surface area contributed by atoms with Gasteiger partial charge in [-0.3, -0.25) is 0 Å². The number of halogens is 2. The number of allylic oxidation sites excluding steroid dienone is 8. The van der Waals surface area contributed by atoms with E-state index in [-0.39, 0.29) is 41.1 Å². The maximum atomic E-state index is 5.63. The van der Waals surface area contributed by atoms with Crippen LogP contribution in [0.15, 0.2) is 78.9 Å². The third-order valence-electron chi connectivity index (χ3n) is 12.6. The summed E-state index contributed by atoms with van der Waals surface area (Å²) < 4.78 is 13.1. The van der Waals surface area contributed by atoms with Crippen LogP contribution in [0.5, 0.6) is 0 Å². The van der Waals surface area contributed by atoms with Gasteiger partial charge in [-0.25, -0.2) is 0 Å². The summed E-state index contributed by atoms with van der Waals surface area (Å²) in [5, 5.41) is 0. The van der Waals surface area contributed by atoms with E-state index in [1.165, 1.54) is 70.1 Å². The van der Waals surface area contributed by atoms with Gasteiger partial charge in [-0.2, -0.15) is 0 Å². The van der Waals surface area contributed by atoms with E-state index in [2.05, 4.69) is 148 Å². The normalized spacial score (nSPS) is 20.2. The average Bonchev–Trinajstić information content (AvgIpc) is 3.67. The quantitative estimate of drug-likeness (QED) is 0.194. The van der Waals surface area contributed by atoms with Crippen LogP contribution in [-0.2, 0) is 35.5 Å². The molecule has 0 saturated heterocycles. The van der Waals surface area contributed by atoms with Crippen LogP contribution in [-0.4, -0.2) is 4.21 Å². The summed E-state index contributed by atoms with van der Waals surface area (Å²) in [7, 11) is 0. The maximum absolute atomic E-state index is 5.63. The van der Waals surface area contributed by atoms with Crippen LogP contribution in [0.25, 0.3) is 22.3 Å². The van der Waals surface area contributed by atoms with Crippen molar-refractivity contribution in [3.05, 3.63) is 118 Å². The van der Waals surface area contributed by atoms with Crippen molar-refractivity contribution in [1.29, 1.82) is 0 Å². The number of hydrogen-bond donors (Lipinski definition) is 0. The minimum absolute atomic E-state index is 0. The summed E-state index contributed by atoms with van der Waals surface area (Å²) in [4.78, 5) is 0. The molecule has 0 amide bonds. The van der Waals surface area contributed by atoms with Gasteiger partial charge < -0.3 is 0 Å². The van der Waals surface area contributed by atoms with Crippen LogP contribution in [0.1, 0.15) is 115 Å². The van der Waals surface area contributed by atoms with Crippen molar-refractivity contribution < 1.29 is 18.3 Å². The SMILES string of the molecule is Cl.Cl.[CH2]=[Zr]([CH3])([C]1=CC(C(C)(C)C)=CC1CC)([C]1=C(C)c2cc3c(cc2C1(C)C)Cc1cc2c(cc1-3)C(C)=CC2(C)C)[c]1ccc(C)cc1. The predicted molar refractivity (Wildman–Crippen MR) is 215 cm³/mol. The van der Waals surface area contributed by atoms with Gasteiger partial charge in [-0.1, -0.05) is 0 Å². The molecular weight excluding hydrogens is 703 g/mol. The van der Waals surface area contributed by atoms with E-state index in [9.17, 15) is 0 Å². The van der Waals surface area contributed by atoms with Gasteiger partial charge in [0.05, 0.1) is 0 Å². The molecule has 0 nitrogen and oxygen atoms in total. The summed E-state index contributed by atoms with van der Waals surface area (Å²) in [5.41, 5.74) is 17.6. The Labute approximate surface area is 304 Å². The van der Waals surface area contributed by atoms with Crippen LogP contribution in [0.4, 0.5) is 0 Å². The molecule has 0 N–H and O–H groups in total. The van der Waals surface area contributed by atoms with Gasteiger partial charge in [0, 0.05) is 0 Å². The van der Waals surface area contributed by atoms with Crippen molar-refractivity contribution in [3.8, 4) is 11.1 Å². The molecule has 7 rings (SSSR count). The number of benzene rings is 3. The first-order valence-electron chi connectivity index (χ1n) is 17.6. The van der Waals surface area contributed by atoms with E-state index < -0.39 is 18.3 Å². The first-order valence-corrected chi connectivity index (χ1v) is 25.5. The summed E-state index contributed by atoms with van der Waals surface area (Å²) >= 11 is -4.41. The molecule has 0 saturated carbocycles. The molecule has 3 aromatic rings. The Morgan fingerprint density at radius 2 is 1.38 bits per heavy atom. The summed E-state index contributed by atoms with van der Waals surface area (Å²) in [6.07, 6.45) is 9.81. The number of fused-ring (bicyclic) bond motifs is 5. The van der Waals surface area contributed by atoms with Crippen molar-refractivity contribution in [2.75, 3.05) is 0 Å². The molecule has 48 heavy (non-hydrogen) atoms. The van der Waals surface area contributed by atoms with Gasteiger partial charge >= 0.3 is 282 Å². The first-order chi connectivity index (χ1) is 21.3. The zero-order valence-electron chi connectivity index (χ0n) is 31.4. The Kier molecular flexibility index (Phi) is 8.91. The molecule has 1 atom stereocenters. The van der Waals surface area contributed by atoms with Gasteiger partial charge in [0.2, 0.25) is 0 Å². The predicted octanol–water partition coefficient (Wildman–Crippen LogP) is 12.5. The summed E-state index contributed by atoms with van der Waals surface area (Å²) in [5.74, 6) is 0.433. The second kappa shape index (κ2) is 11.5. The van der Waals surface area contributed by atoms with Crippen molar-refractivity contribution in [1.82, 2.24) is 0 Å². The van der Waals surface area contributed by atoms with E-state index in [1.54, 1.807) is 6.56 Å². The van der Waals surface area contributed by atoms with E-state index in [4.69, 9.17) is 4.21 Å². The Morgan fingerprint density at radius 3 is 1.94 bits per heavy atom. The fourth-order valence-electron chi connectivity index (χ4n) is 10.4. The molecule has 0 heterocycles. The topological polar surface area (TPSA) is 0 Å². The first kappa shape index (κ1) is 37.2. The molecule has 3 heteroatoms. The van der Waals surface area contributed by atoms with Crippen molar-refractivity contribution >= 4 is 43.4 Å². The third-order valence-corrected chi connectivity index (χ3v) is 28.2. The molecule has 4 aliphatic rings. The molecule has 1 unspecified atom stereocenters. The fourth-order valence-corrected chi connectivity index (χ4v) is 27.1. The molecule has 0 bridgehead atoms. The molecule has 3 aromatic carbocycles. The van der Waals surface area contributed by atoms with Crippen LogP contribution in [0.2, 0.25) is 4.63 Å². The zero-order chi connectivity index (χ0) is 33.4. The van der Waals surface area contributed by atoms with Gasteiger partial charge in [0.15, 0.2) is 0 Å². The van der Waals surface area contributed by atoms with Gasteiger partial charge in [0.1, 0.15) is 0 Å². The fraction of sp³-hybridized carbons (Fsp3) is 0.400. The Hall–Kier alpha value is -2.05. The number of rotatable bonds is 4. The van der Waals surface area contributed by atoms with E-state index in [0.717, 1.165) is 12.8 Å². The second-order valence-corrected chi connectivity index (χ2v) is 31.8. The van der Waals surface area contributed by atoms with Gasteiger partial charge in [-0.15, -0.1) is 24.8 Å². The summed E-state index contributed by atoms with van der Waals surface area (Å²) in [6, 6.07) is 19.8. The van der Waals surface area contributed by atoms with E-state index in [0.29, 0.717) is 5.92 Å². The van der Waals surface area contributed by atoms with Crippen molar-refractivity contribution in [2.24, 2.45) is 11.3 Å². The van der Waals surface area contributed by atoms with Crippen molar-refractivity contribution in [3.63, 3.8) is 0 Å². The molecule has 0 fully saturated rings. The van der Waals surface area contributed by atoms with Crippen LogP contribution >= 0.6 is 24.8 Å². The van der Waals surface area contributed by atoms with Gasteiger partial charge in [0.25, 0.3) is 0 Å². The molecular formula is C45H56Cl2Zr.